The van der Waals surface area contributed by atoms with Crippen LogP contribution in [0.4, 0.5) is 14.5 Å². The standard InChI is InChI=1S/C15H19F2N3S/c16-12-7-10(15(18)21)8-13(17)14(12)20-6-3-11(9-20)19-4-1-2-5-19/h7-8,11H,1-6,9H2,(H2,18,21). The van der Waals surface area contributed by atoms with E-state index in [1.807, 2.05) is 0 Å². The lowest BCUT2D eigenvalue weighted by atomic mass is 10.1. The Morgan fingerprint density at radius 3 is 2.33 bits per heavy atom. The molecule has 1 atom stereocenters. The van der Waals surface area contributed by atoms with Gasteiger partial charge < -0.3 is 10.6 Å². The van der Waals surface area contributed by atoms with Crippen molar-refractivity contribution in [3.05, 3.63) is 29.3 Å². The van der Waals surface area contributed by atoms with E-state index in [2.05, 4.69) is 4.90 Å². The van der Waals surface area contributed by atoms with Gasteiger partial charge >= 0.3 is 0 Å². The molecule has 6 heteroatoms. The van der Waals surface area contributed by atoms with Gasteiger partial charge in [0.15, 0.2) is 0 Å². The molecule has 0 aromatic heterocycles. The highest BCUT2D eigenvalue weighted by atomic mass is 32.1. The van der Waals surface area contributed by atoms with Gasteiger partial charge in [0, 0.05) is 24.7 Å². The van der Waals surface area contributed by atoms with E-state index >= 15 is 0 Å². The van der Waals surface area contributed by atoms with Crippen molar-refractivity contribution in [1.29, 1.82) is 0 Å². The number of anilines is 1. The SMILES string of the molecule is NC(=S)c1cc(F)c(N2CCC(N3CCCC3)C2)c(F)c1. The first-order chi connectivity index (χ1) is 10.1. The quantitative estimate of drug-likeness (QED) is 0.868. The molecule has 0 bridgehead atoms. The van der Waals surface area contributed by atoms with E-state index in [9.17, 15) is 8.78 Å². The maximum atomic E-state index is 14.2. The lowest BCUT2D eigenvalue weighted by molar-refractivity contribution is 0.260. The number of rotatable bonds is 3. The average Bonchev–Trinajstić information content (AvgIpc) is 3.08. The van der Waals surface area contributed by atoms with E-state index in [4.69, 9.17) is 18.0 Å². The first-order valence-electron chi connectivity index (χ1n) is 7.34. The number of nitrogens with zero attached hydrogens (tertiary/aromatic N) is 2. The molecular weight excluding hydrogens is 292 g/mol. The van der Waals surface area contributed by atoms with Gasteiger partial charge in [0.1, 0.15) is 22.3 Å². The van der Waals surface area contributed by atoms with E-state index in [0.29, 0.717) is 19.1 Å². The van der Waals surface area contributed by atoms with Crippen LogP contribution in [0.5, 0.6) is 0 Å². The number of hydrogen-bond acceptors (Lipinski definition) is 3. The average molecular weight is 311 g/mol. The van der Waals surface area contributed by atoms with Crippen LogP contribution in [-0.2, 0) is 0 Å². The van der Waals surface area contributed by atoms with Crippen LogP contribution in [0.2, 0.25) is 0 Å². The molecule has 3 rings (SSSR count). The van der Waals surface area contributed by atoms with E-state index in [1.54, 1.807) is 4.90 Å². The summed E-state index contributed by atoms with van der Waals surface area (Å²) in [7, 11) is 0. The minimum Gasteiger partial charge on any atom is -0.389 e. The fourth-order valence-corrected chi connectivity index (χ4v) is 3.48. The molecule has 2 N–H and O–H groups in total. The Kier molecular flexibility index (Phi) is 4.08. The topological polar surface area (TPSA) is 32.5 Å². The third-order valence-corrected chi connectivity index (χ3v) is 4.67. The third-order valence-electron chi connectivity index (χ3n) is 4.44. The maximum absolute atomic E-state index is 14.2. The molecule has 0 radical (unpaired) electrons. The fraction of sp³-hybridized carbons (Fsp3) is 0.533. The van der Waals surface area contributed by atoms with Gasteiger partial charge in [-0.1, -0.05) is 12.2 Å². The monoisotopic (exact) mass is 311 g/mol. The molecule has 21 heavy (non-hydrogen) atoms. The lowest BCUT2D eigenvalue weighted by Crippen LogP contribution is -2.35. The molecule has 0 saturated carbocycles. The molecule has 1 unspecified atom stereocenters. The van der Waals surface area contributed by atoms with Crippen molar-refractivity contribution in [1.82, 2.24) is 4.90 Å². The van der Waals surface area contributed by atoms with Gasteiger partial charge in [0.05, 0.1) is 0 Å². The number of hydrogen-bond donors (Lipinski definition) is 1. The summed E-state index contributed by atoms with van der Waals surface area (Å²) in [5, 5.41) is 0. The highest BCUT2D eigenvalue weighted by Crippen LogP contribution is 2.30. The van der Waals surface area contributed by atoms with E-state index in [-0.39, 0.29) is 16.2 Å². The second-order valence-electron chi connectivity index (χ2n) is 5.78. The second-order valence-corrected chi connectivity index (χ2v) is 6.22. The second kappa shape index (κ2) is 5.85. The maximum Gasteiger partial charge on any atom is 0.150 e. The van der Waals surface area contributed by atoms with Gasteiger partial charge in [-0.25, -0.2) is 8.78 Å². The van der Waals surface area contributed by atoms with Crippen molar-refractivity contribution < 1.29 is 8.78 Å². The molecule has 3 nitrogen and oxygen atoms in total. The predicted octanol–water partition coefficient (Wildman–Crippen LogP) is 2.27. The highest BCUT2D eigenvalue weighted by Gasteiger charge is 2.31. The summed E-state index contributed by atoms with van der Waals surface area (Å²) in [6.45, 7) is 3.56. The third kappa shape index (κ3) is 2.87. The molecule has 2 aliphatic rings. The molecule has 2 fully saturated rings. The first-order valence-corrected chi connectivity index (χ1v) is 7.75. The highest BCUT2D eigenvalue weighted by molar-refractivity contribution is 7.80. The summed E-state index contributed by atoms with van der Waals surface area (Å²) in [5.74, 6) is -1.17. The predicted molar refractivity (Wildman–Crippen MR) is 83.7 cm³/mol. The Balaban J connectivity index is 1.80. The molecule has 1 aromatic carbocycles. The van der Waals surface area contributed by atoms with Crippen LogP contribution < -0.4 is 10.6 Å². The largest absolute Gasteiger partial charge is 0.389 e. The summed E-state index contributed by atoms with van der Waals surface area (Å²) in [4.78, 5) is 4.24. The Bertz CT molecular complexity index is 535. The van der Waals surface area contributed by atoms with Gasteiger partial charge in [-0.2, -0.15) is 0 Å². The fourth-order valence-electron chi connectivity index (χ4n) is 3.36. The number of thiocarbonyl (C=S) groups is 1. The Hall–Kier alpha value is -1.27. The van der Waals surface area contributed by atoms with Gasteiger partial charge in [-0.05, 0) is 44.5 Å². The molecule has 114 valence electrons. The summed E-state index contributed by atoms with van der Waals surface area (Å²) < 4.78 is 28.4. The molecule has 0 aliphatic carbocycles. The van der Waals surface area contributed by atoms with Crippen LogP contribution in [0.1, 0.15) is 24.8 Å². The summed E-state index contributed by atoms with van der Waals surface area (Å²) in [6, 6.07) is 2.86. The van der Waals surface area contributed by atoms with Gasteiger partial charge in [-0.15, -0.1) is 0 Å². The Morgan fingerprint density at radius 1 is 1.14 bits per heavy atom. The minimum atomic E-state index is -0.583. The van der Waals surface area contributed by atoms with E-state index < -0.39 is 11.6 Å². The van der Waals surface area contributed by atoms with Crippen molar-refractivity contribution in [2.45, 2.75) is 25.3 Å². The molecule has 0 spiro atoms. The van der Waals surface area contributed by atoms with Crippen LogP contribution in [0.25, 0.3) is 0 Å². The smallest absolute Gasteiger partial charge is 0.150 e. The molecule has 0 amide bonds. The molecule has 2 heterocycles. The van der Waals surface area contributed by atoms with Crippen molar-refractivity contribution in [2.75, 3.05) is 31.1 Å². The van der Waals surface area contributed by atoms with Crippen LogP contribution in [0.15, 0.2) is 12.1 Å². The van der Waals surface area contributed by atoms with Crippen molar-refractivity contribution >= 4 is 22.9 Å². The van der Waals surface area contributed by atoms with Crippen molar-refractivity contribution in [3.8, 4) is 0 Å². The summed E-state index contributed by atoms with van der Waals surface area (Å²) in [6.07, 6.45) is 3.40. The van der Waals surface area contributed by atoms with E-state index in [1.165, 1.54) is 25.0 Å². The zero-order valence-corrected chi connectivity index (χ0v) is 12.6. The van der Waals surface area contributed by atoms with Crippen molar-refractivity contribution in [2.24, 2.45) is 5.73 Å². The van der Waals surface area contributed by atoms with Gasteiger partial charge in [0.25, 0.3) is 0 Å². The summed E-state index contributed by atoms with van der Waals surface area (Å²) >= 11 is 4.77. The number of nitrogens with two attached hydrogens (primary N) is 1. The molecular formula is C15H19F2N3S. The Morgan fingerprint density at radius 2 is 1.76 bits per heavy atom. The molecule has 2 saturated heterocycles. The number of likely N-dealkylation sites (tertiary alicyclic amines) is 1. The zero-order valence-electron chi connectivity index (χ0n) is 11.8. The normalized spacial score (nSPS) is 23.0. The molecule has 1 aromatic rings. The summed E-state index contributed by atoms with van der Waals surface area (Å²) in [5.41, 5.74) is 5.73. The van der Waals surface area contributed by atoms with Crippen LogP contribution >= 0.6 is 12.2 Å². The van der Waals surface area contributed by atoms with Gasteiger partial charge in [0.2, 0.25) is 0 Å². The van der Waals surface area contributed by atoms with Crippen LogP contribution in [0.3, 0.4) is 0 Å². The first kappa shape index (κ1) is 14.7. The van der Waals surface area contributed by atoms with Gasteiger partial charge in [-0.3, -0.25) is 4.90 Å². The number of halogens is 2. The Labute approximate surface area is 128 Å². The minimum absolute atomic E-state index is 0.00992. The van der Waals surface area contributed by atoms with Crippen LogP contribution in [0, 0.1) is 11.6 Å². The zero-order chi connectivity index (χ0) is 15.0. The van der Waals surface area contributed by atoms with Crippen molar-refractivity contribution in [3.63, 3.8) is 0 Å². The van der Waals surface area contributed by atoms with Crippen LogP contribution in [-0.4, -0.2) is 42.1 Å². The lowest BCUT2D eigenvalue weighted by Gasteiger charge is -2.25. The number of benzene rings is 1. The van der Waals surface area contributed by atoms with E-state index in [0.717, 1.165) is 19.5 Å². The molecule has 2 aliphatic heterocycles.